The van der Waals surface area contributed by atoms with Crippen LogP contribution >= 0.6 is 11.8 Å². The zero-order valence-electron chi connectivity index (χ0n) is 5.89. The van der Waals surface area contributed by atoms with Gasteiger partial charge < -0.3 is 4.74 Å². The molecule has 0 bridgehead atoms. The van der Waals surface area contributed by atoms with Gasteiger partial charge in [0.05, 0.1) is 6.54 Å². The van der Waals surface area contributed by atoms with Crippen molar-refractivity contribution in [1.82, 2.24) is 0 Å². The van der Waals surface area contributed by atoms with E-state index in [1.165, 1.54) is 0 Å². The van der Waals surface area contributed by atoms with E-state index in [0.717, 1.165) is 18.4 Å². The standard InChI is InChI=1S/C4H7NOS.CHF3/c1-7-4-5-2-3-6-4;2-1(3)4/h2-3H2,1H3;1H. The van der Waals surface area contributed by atoms with Gasteiger partial charge in [0.15, 0.2) is 0 Å². The Bertz CT molecular complexity index is 128. The van der Waals surface area contributed by atoms with Crippen molar-refractivity contribution in [2.75, 3.05) is 19.4 Å². The first-order chi connectivity index (χ1) is 5.16. The van der Waals surface area contributed by atoms with Gasteiger partial charge in [-0.15, -0.1) is 0 Å². The lowest BCUT2D eigenvalue weighted by Gasteiger charge is -1.90. The van der Waals surface area contributed by atoms with Crippen LogP contribution in [0.5, 0.6) is 0 Å². The number of ether oxygens (including phenoxy) is 1. The number of rotatable bonds is 0. The van der Waals surface area contributed by atoms with Gasteiger partial charge >= 0.3 is 6.68 Å². The predicted molar refractivity (Wildman–Crippen MR) is 38.9 cm³/mol. The first kappa shape index (κ1) is 10.6. The molecule has 6 heteroatoms. The largest absolute Gasteiger partial charge is 0.471 e. The molecule has 1 rings (SSSR count). The Morgan fingerprint density at radius 1 is 1.55 bits per heavy atom. The zero-order valence-corrected chi connectivity index (χ0v) is 6.71. The highest BCUT2D eigenvalue weighted by Gasteiger charge is 2.02. The first-order valence-corrected chi connectivity index (χ1v) is 4.02. The second kappa shape index (κ2) is 6.33. The monoisotopic (exact) mass is 187 g/mol. The molecule has 0 saturated carbocycles. The Labute approximate surface area is 66.8 Å². The van der Waals surface area contributed by atoms with Crippen molar-refractivity contribution in [1.29, 1.82) is 0 Å². The molecule has 0 aromatic rings. The molecule has 0 N–H and O–H groups in total. The van der Waals surface area contributed by atoms with E-state index in [9.17, 15) is 13.2 Å². The summed E-state index contributed by atoms with van der Waals surface area (Å²) in [5.41, 5.74) is 0. The summed E-state index contributed by atoms with van der Waals surface area (Å²) < 4.78 is 34.0. The Morgan fingerprint density at radius 2 is 2.09 bits per heavy atom. The molecule has 0 aromatic heterocycles. The van der Waals surface area contributed by atoms with Gasteiger partial charge in [-0.05, 0) is 6.26 Å². The predicted octanol–water partition coefficient (Wildman–Crippen LogP) is 1.91. The Kier molecular flexibility index (Phi) is 6.10. The van der Waals surface area contributed by atoms with Crippen molar-refractivity contribution in [3.63, 3.8) is 0 Å². The van der Waals surface area contributed by atoms with Crippen molar-refractivity contribution in [3.8, 4) is 0 Å². The minimum atomic E-state index is -3.67. The average molecular weight is 187 g/mol. The quantitative estimate of drug-likeness (QED) is 0.577. The topological polar surface area (TPSA) is 21.6 Å². The van der Waals surface area contributed by atoms with Crippen molar-refractivity contribution in [3.05, 3.63) is 0 Å². The lowest BCUT2D eigenvalue weighted by molar-refractivity contribution is 0.00819. The van der Waals surface area contributed by atoms with E-state index in [1.807, 2.05) is 6.26 Å². The molecule has 11 heavy (non-hydrogen) atoms. The minimum absolute atomic E-state index is 0.774. The molecule has 0 saturated heterocycles. The summed E-state index contributed by atoms with van der Waals surface area (Å²) in [5.74, 6) is 0. The number of alkyl halides is 3. The summed E-state index contributed by atoms with van der Waals surface area (Å²) in [7, 11) is 0. The summed E-state index contributed by atoms with van der Waals surface area (Å²) in [4.78, 5) is 4.01. The van der Waals surface area contributed by atoms with Crippen molar-refractivity contribution in [2.45, 2.75) is 6.68 Å². The number of thioether (sulfide) groups is 1. The van der Waals surface area contributed by atoms with Gasteiger partial charge in [-0.2, -0.15) is 13.2 Å². The molecule has 0 unspecified atom stereocenters. The number of halogens is 3. The molecular formula is C5H8F3NOS. The summed E-state index contributed by atoms with van der Waals surface area (Å²) in [6, 6.07) is 0. The number of nitrogens with zero attached hydrogens (tertiary/aromatic N) is 1. The van der Waals surface area contributed by atoms with E-state index < -0.39 is 6.68 Å². The molecule has 1 aliphatic heterocycles. The van der Waals surface area contributed by atoms with E-state index in [1.54, 1.807) is 11.8 Å². The molecule has 0 amide bonds. The fraction of sp³-hybridized carbons (Fsp3) is 0.800. The van der Waals surface area contributed by atoms with Crippen LogP contribution in [-0.2, 0) is 4.74 Å². The van der Waals surface area contributed by atoms with Crippen LogP contribution in [0, 0.1) is 0 Å². The molecular weight excluding hydrogens is 179 g/mol. The highest BCUT2D eigenvalue weighted by atomic mass is 32.2. The second-order valence-corrected chi connectivity index (χ2v) is 2.21. The van der Waals surface area contributed by atoms with E-state index in [0.29, 0.717) is 0 Å². The average Bonchev–Trinajstić information content (AvgIpc) is 2.36. The van der Waals surface area contributed by atoms with Crippen molar-refractivity contribution >= 4 is 17.0 Å². The Balaban J connectivity index is 0.000000218. The van der Waals surface area contributed by atoms with Crippen molar-refractivity contribution in [2.24, 2.45) is 4.99 Å². The number of hydrogen-bond acceptors (Lipinski definition) is 3. The smallest absolute Gasteiger partial charge is 0.379 e. The van der Waals surface area contributed by atoms with Gasteiger partial charge in [0, 0.05) is 0 Å². The van der Waals surface area contributed by atoms with Gasteiger partial charge in [-0.1, -0.05) is 11.8 Å². The zero-order chi connectivity index (χ0) is 8.69. The normalized spacial score (nSPS) is 15.2. The maximum atomic E-state index is 9.67. The molecule has 0 aromatic carbocycles. The van der Waals surface area contributed by atoms with Gasteiger partial charge in [0.1, 0.15) is 6.61 Å². The van der Waals surface area contributed by atoms with E-state index in [2.05, 4.69) is 4.99 Å². The Morgan fingerprint density at radius 3 is 2.27 bits per heavy atom. The SMILES string of the molecule is CSC1=NCCO1.FC(F)F. The van der Waals surface area contributed by atoms with Crippen LogP contribution in [0.1, 0.15) is 0 Å². The highest BCUT2D eigenvalue weighted by molar-refractivity contribution is 8.12. The Hall–Kier alpha value is -0.390. The van der Waals surface area contributed by atoms with Gasteiger partial charge in [-0.3, -0.25) is 0 Å². The van der Waals surface area contributed by atoms with Crippen LogP contribution in [-0.4, -0.2) is 31.3 Å². The van der Waals surface area contributed by atoms with E-state index in [4.69, 9.17) is 4.74 Å². The second-order valence-electron chi connectivity index (χ2n) is 1.45. The van der Waals surface area contributed by atoms with Crippen molar-refractivity contribution < 1.29 is 17.9 Å². The highest BCUT2D eigenvalue weighted by Crippen LogP contribution is 2.04. The summed E-state index contributed by atoms with van der Waals surface area (Å²) in [5, 5.41) is 0.833. The number of aliphatic imine (C=N–C) groups is 1. The first-order valence-electron chi connectivity index (χ1n) is 2.80. The van der Waals surface area contributed by atoms with Crippen LogP contribution in [0.4, 0.5) is 13.2 Å². The third-order valence-corrected chi connectivity index (χ3v) is 1.33. The number of hydrogen-bond donors (Lipinski definition) is 0. The molecule has 0 radical (unpaired) electrons. The maximum absolute atomic E-state index is 9.67. The van der Waals surface area contributed by atoms with Gasteiger partial charge in [0.25, 0.3) is 0 Å². The fourth-order valence-corrected chi connectivity index (χ4v) is 0.861. The molecule has 0 aliphatic carbocycles. The van der Waals surface area contributed by atoms with Crippen LogP contribution in [0.3, 0.4) is 0 Å². The van der Waals surface area contributed by atoms with E-state index >= 15 is 0 Å². The minimum Gasteiger partial charge on any atom is -0.471 e. The summed E-state index contributed by atoms with van der Waals surface area (Å²) in [6.45, 7) is -2.05. The summed E-state index contributed by atoms with van der Waals surface area (Å²) >= 11 is 1.56. The molecule has 2 nitrogen and oxygen atoms in total. The lowest BCUT2D eigenvalue weighted by Crippen LogP contribution is -1.89. The molecule has 1 aliphatic rings. The molecule has 1 heterocycles. The van der Waals surface area contributed by atoms with Crippen LogP contribution in [0.2, 0.25) is 0 Å². The fourth-order valence-electron chi connectivity index (χ4n) is 0.439. The summed E-state index contributed by atoms with van der Waals surface area (Å²) in [6.07, 6.45) is 1.96. The van der Waals surface area contributed by atoms with Gasteiger partial charge in [0.2, 0.25) is 5.23 Å². The maximum Gasteiger partial charge on any atom is 0.379 e. The third-order valence-electron chi connectivity index (χ3n) is 0.732. The van der Waals surface area contributed by atoms with E-state index in [-0.39, 0.29) is 0 Å². The lowest BCUT2D eigenvalue weighted by atomic mass is 10.8. The van der Waals surface area contributed by atoms with Gasteiger partial charge in [-0.25, -0.2) is 4.99 Å². The molecule has 66 valence electrons. The third kappa shape index (κ3) is 7.51. The molecule has 0 fully saturated rings. The van der Waals surface area contributed by atoms with Crippen LogP contribution < -0.4 is 0 Å². The van der Waals surface area contributed by atoms with Crippen LogP contribution in [0.25, 0.3) is 0 Å². The molecule has 0 atom stereocenters. The molecule has 0 spiro atoms. The van der Waals surface area contributed by atoms with Crippen LogP contribution in [0.15, 0.2) is 4.99 Å².